The number of carbonyl (C=O) groups is 1. The van der Waals surface area contributed by atoms with Crippen LogP contribution < -0.4 is 5.73 Å². The van der Waals surface area contributed by atoms with E-state index in [1.54, 1.807) is 13.0 Å². The van der Waals surface area contributed by atoms with E-state index in [1.807, 2.05) is 6.07 Å². The number of unbranched alkanes of at least 4 members (excludes halogenated alkanes) is 1. The van der Waals surface area contributed by atoms with Gasteiger partial charge in [-0.2, -0.15) is 26.3 Å². The highest BCUT2D eigenvalue weighted by atomic mass is 32.1. The van der Waals surface area contributed by atoms with Crippen LogP contribution in [-0.4, -0.2) is 23.0 Å². The molecule has 0 saturated heterocycles. The number of alkyl halides is 6. The van der Waals surface area contributed by atoms with Gasteiger partial charge in [0.05, 0.1) is 22.6 Å². The first kappa shape index (κ1) is 26.3. The van der Waals surface area contributed by atoms with Gasteiger partial charge in [-0.25, -0.2) is 0 Å². The first-order valence-electron chi connectivity index (χ1n) is 10.0. The van der Waals surface area contributed by atoms with Crippen molar-refractivity contribution in [2.75, 3.05) is 6.61 Å². The Morgan fingerprint density at radius 2 is 1.56 bits per heavy atom. The molecule has 178 valence electrons. The summed E-state index contributed by atoms with van der Waals surface area (Å²) in [7, 11) is 0. The van der Waals surface area contributed by atoms with Crippen LogP contribution in [0.4, 0.5) is 26.3 Å². The van der Waals surface area contributed by atoms with Crippen LogP contribution in [0.1, 0.15) is 63.8 Å². The zero-order chi connectivity index (χ0) is 24.2. The number of ketones is 1. The molecule has 0 aliphatic carbocycles. The molecule has 1 aromatic heterocycles. The molecule has 10 heteroatoms. The van der Waals surface area contributed by atoms with Gasteiger partial charge in [-0.3, -0.25) is 4.79 Å². The lowest BCUT2D eigenvalue weighted by Gasteiger charge is -2.20. The van der Waals surface area contributed by atoms with Gasteiger partial charge in [-0.15, -0.1) is 11.3 Å². The molecule has 0 amide bonds. The Kier molecular flexibility index (Phi) is 8.52. The summed E-state index contributed by atoms with van der Waals surface area (Å²) >= 11 is 1.32. The maximum absolute atomic E-state index is 12.9. The number of rotatable bonds is 10. The molecule has 0 fully saturated rings. The molecule has 32 heavy (non-hydrogen) atoms. The summed E-state index contributed by atoms with van der Waals surface area (Å²) in [6, 6.07) is 5.06. The predicted molar refractivity (Wildman–Crippen MR) is 111 cm³/mol. The lowest BCUT2D eigenvalue weighted by atomic mass is 9.98. The summed E-state index contributed by atoms with van der Waals surface area (Å²) < 4.78 is 77.6. The molecule has 3 nitrogen and oxygen atoms in total. The minimum atomic E-state index is -4.87. The second-order valence-electron chi connectivity index (χ2n) is 8.12. The van der Waals surface area contributed by atoms with Gasteiger partial charge in [0.2, 0.25) is 0 Å². The predicted octanol–water partition coefficient (Wildman–Crippen LogP) is 6.02. The highest BCUT2D eigenvalue weighted by Gasteiger charge is 2.36. The van der Waals surface area contributed by atoms with E-state index < -0.39 is 29.0 Å². The van der Waals surface area contributed by atoms with Crippen molar-refractivity contribution in [3.8, 4) is 0 Å². The molecular formula is C22H25F6NO2S. The Morgan fingerprint density at radius 1 is 0.969 bits per heavy atom. The number of carbonyl (C=O) groups excluding carboxylic acids is 1. The van der Waals surface area contributed by atoms with Crippen LogP contribution in [-0.2, 0) is 25.2 Å². The SMILES string of the molecule is CC(N)(CO)CCc1ccc(C(=O)CCCCc2cc(C(F)(F)F)cc(C(F)(F)F)c2)s1. The van der Waals surface area contributed by atoms with Gasteiger partial charge in [0, 0.05) is 16.8 Å². The van der Waals surface area contributed by atoms with Crippen LogP contribution in [0.2, 0.25) is 0 Å². The van der Waals surface area contributed by atoms with Crippen molar-refractivity contribution in [2.45, 2.75) is 63.3 Å². The molecule has 1 heterocycles. The van der Waals surface area contributed by atoms with Crippen molar-refractivity contribution in [3.63, 3.8) is 0 Å². The maximum atomic E-state index is 12.9. The van der Waals surface area contributed by atoms with Gasteiger partial charge in [-0.1, -0.05) is 0 Å². The highest BCUT2D eigenvalue weighted by Crippen LogP contribution is 2.36. The minimum absolute atomic E-state index is 0.00616. The summed E-state index contributed by atoms with van der Waals surface area (Å²) in [5.74, 6) is -0.126. The largest absolute Gasteiger partial charge is 0.416 e. The number of hydrogen-bond acceptors (Lipinski definition) is 4. The molecule has 1 atom stereocenters. The van der Waals surface area contributed by atoms with Crippen LogP contribution in [0.15, 0.2) is 30.3 Å². The lowest BCUT2D eigenvalue weighted by molar-refractivity contribution is -0.143. The maximum Gasteiger partial charge on any atom is 0.416 e. The number of benzene rings is 1. The van der Waals surface area contributed by atoms with Gasteiger partial charge in [0.25, 0.3) is 0 Å². The van der Waals surface area contributed by atoms with E-state index in [2.05, 4.69) is 0 Å². The topological polar surface area (TPSA) is 63.3 Å². The molecule has 2 aromatic rings. The van der Waals surface area contributed by atoms with E-state index in [1.165, 1.54) is 11.3 Å². The normalized spacial score (nSPS) is 14.4. The van der Waals surface area contributed by atoms with Crippen molar-refractivity contribution in [1.29, 1.82) is 0 Å². The Balaban J connectivity index is 1.91. The molecule has 1 unspecified atom stereocenters. The summed E-state index contributed by atoms with van der Waals surface area (Å²) in [6.45, 7) is 1.58. The quantitative estimate of drug-likeness (QED) is 0.248. The number of hydrogen-bond donors (Lipinski definition) is 2. The second-order valence-corrected chi connectivity index (χ2v) is 9.29. The summed E-state index contributed by atoms with van der Waals surface area (Å²) in [5, 5.41) is 9.19. The molecule has 1 aromatic carbocycles. The van der Waals surface area contributed by atoms with Crippen LogP contribution in [0.5, 0.6) is 0 Å². The van der Waals surface area contributed by atoms with Crippen molar-refractivity contribution >= 4 is 17.1 Å². The Hall–Kier alpha value is -1.91. The van der Waals surface area contributed by atoms with Gasteiger partial charge in [0.1, 0.15) is 0 Å². The van der Waals surface area contributed by atoms with E-state index in [0.29, 0.717) is 24.1 Å². The third-order valence-corrected chi connectivity index (χ3v) is 6.19. The van der Waals surface area contributed by atoms with Crippen molar-refractivity contribution in [1.82, 2.24) is 0 Å². The average Bonchev–Trinajstić information content (AvgIpc) is 3.17. The molecule has 0 saturated carbocycles. The molecule has 0 bridgehead atoms. The van der Waals surface area contributed by atoms with Gasteiger partial charge >= 0.3 is 12.4 Å². The van der Waals surface area contributed by atoms with Crippen molar-refractivity contribution in [2.24, 2.45) is 5.73 Å². The number of aryl methyl sites for hydroxylation is 2. The van der Waals surface area contributed by atoms with E-state index in [4.69, 9.17) is 5.73 Å². The molecule has 0 radical (unpaired) electrons. The standard InChI is InChI=1S/C22H25F6NO2S/c1-20(29,13-30)9-8-17-6-7-19(32-17)18(31)5-3-2-4-14-10-15(21(23,24)25)12-16(11-14)22(26,27)28/h6-7,10-12,30H,2-5,8-9,13,29H2,1H3. The Bertz CT molecular complexity index is 886. The first-order chi connectivity index (χ1) is 14.7. The molecule has 0 spiro atoms. The molecule has 3 N–H and O–H groups in total. The molecule has 0 aliphatic heterocycles. The second kappa shape index (κ2) is 10.4. The van der Waals surface area contributed by atoms with Gasteiger partial charge in [-0.05, 0) is 74.9 Å². The summed E-state index contributed by atoms with van der Waals surface area (Å²) in [4.78, 5) is 13.8. The monoisotopic (exact) mass is 481 g/mol. The van der Waals surface area contributed by atoms with E-state index in [0.717, 1.165) is 17.0 Å². The zero-order valence-corrected chi connectivity index (χ0v) is 18.3. The third-order valence-electron chi connectivity index (χ3n) is 5.01. The Morgan fingerprint density at radius 3 is 2.09 bits per heavy atom. The zero-order valence-electron chi connectivity index (χ0n) is 17.4. The van der Waals surface area contributed by atoms with Crippen molar-refractivity contribution < 1.29 is 36.2 Å². The number of nitrogens with two attached hydrogens (primary N) is 1. The number of Topliss-reactive ketones (excluding diaryl/α,β-unsaturated/α-hetero) is 1. The molecule has 0 aliphatic rings. The van der Waals surface area contributed by atoms with Crippen LogP contribution >= 0.6 is 11.3 Å². The fraction of sp³-hybridized carbons (Fsp3) is 0.500. The van der Waals surface area contributed by atoms with E-state index in [-0.39, 0.29) is 43.3 Å². The third kappa shape index (κ3) is 7.90. The number of aliphatic hydroxyl groups excluding tert-OH is 1. The summed E-state index contributed by atoms with van der Waals surface area (Å²) in [5.41, 5.74) is 2.45. The van der Waals surface area contributed by atoms with Crippen LogP contribution in [0.3, 0.4) is 0 Å². The number of thiophene rings is 1. The number of aliphatic hydroxyl groups is 1. The fourth-order valence-corrected chi connectivity index (χ4v) is 4.03. The smallest absolute Gasteiger partial charge is 0.394 e. The van der Waals surface area contributed by atoms with Crippen molar-refractivity contribution in [3.05, 3.63) is 56.8 Å². The van der Waals surface area contributed by atoms with Crippen LogP contribution in [0, 0.1) is 0 Å². The van der Waals surface area contributed by atoms with Gasteiger partial charge in [0.15, 0.2) is 5.78 Å². The molecule has 2 rings (SSSR count). The average molecular weight is 482 g/mol. The summed E-state index contributed by atoms with van der Waals surface area (Å²) in [6.07, 6.45) is -7.80. The number of halogens is 6. The fourth-order valence-electron chi connectivity index (χ4n) is 3.05. The van der Waals surface area contributed by atoms with E-state index >= 15 is 0 Å². The van der Waals surface area contributed by atoms with Gasteiger partial charge < -0.3 is 10.8 Å². The van der Waals surface area contributed by atoms with Crippen LogP contribution in [0.25, 0.3) is 0 Å². The minimum Gasteiger partial charge on any atom is -0.394 e. The van der Waals surface area contributed by atoms with E-state index in [9.17, 15) is 36.2 Å². The first-order valence-corrected chi connectivity index (χ1v) is 10.8. The Labute approximate surface area is 186 Å². The molecular weight excluding hydrogens is 456 g/mol. The highest BCUT2D eigenvalue weighted by molar-refractivity contribution is 7.14. The lowest BCUT2D eigenvalue weighted by Crippen LogP contribution is -2.40.